The number of sulfonamides is 1. The van der Waals surface area contributed by atoms with Crippen LogP contribution in [0.1, 0.15) is 45.3 Å². The highest BCUT2D eigenvalue weighted by molar-refractivity contribution is 7.89. The van der Waals surface area contributed by atoms with Gasteiger partial charge in [-0.05, 0) is 56.9 Å². The summed E-state index contributed by atoms with van der Waals surface area (Å²) in [6.45, 7) is 10.5. The van der Waals surface area contributed by atoms with Crippen molar-refractivity contribution in [2.75, 3.05) is 26.3 Å². The fourth-order valence-electron chi connectivity index (χ4n) is 3.46. The van der Waals surface area contributed by atoms with Crippen molar-refractivity contribution in [3.8, 4) is 0 Å². The standard InChI is InChI=1S/C21H31N3O3S2/c1-16(2)5-6-17(3)24-18(4)15-28-21(24)22-19-7-9-20(10-8-19)29(25,26)23-11-13-27-14-12-23/h7-10,15-17H,5-6,11-14H2,1-4H3. The molecule has 1 unspecified atom stereocenters. The van der Waals surface area contributed by atoms with Crippen LogP contribution in [0.25, 0.3) is 0 Å². The van der Waals surface area contributed by atoms with Crippen LogP contribution in [0.4, 0.5) is 5.69 Å². The van der Waals surface area contributed by atoms with E-state index in [2.05, 4.69) is 37.6 Å². The second kappa shape index (κ2) is 9.55. The van der Waals surface area contributed by atoms with E-state index in [1.54, 1.807) is 35.6 Å². The highest BCUT2D eigenvalue weighted by Gasteiger charge is 2.26. The van der Waals surface area contributed by atoms with Gasteiger partial charge >= 0.3 is 0 Å². The molecule has 6 nitrogen and oxygen atoms in total. The first-order valence-corrected chi connectivity index (χ1v) is 12.5. The number of hydrogen-bond donors (Lipinski definition) is 0. The summed E-state index contributed by atoms with van der Waals surface area (Å²) in [4.78, 5) is 6.05. The number of aryl methyl sites for hydroxylation is 1. The van der Waals surface area contributed by atoms with Crippen molar-refractivity contribution in [1.29, 1.82) is 0 Å². The molecule has 1 saturated heterocycles. The second-order valence-electron chi connectivity index (χ2n) is 7.97. The molecule has 3 rings (SSSR count). The lowest BCUT2D eigenvalue weighted by Crippen LogP contribution is -2.40. The normalized spacial score (nSPS) is 17.8. The van der Waals surface area contributed by atoms with E-state index < -0.39 is 10.0 Å². The Kier molecular flexibility index (Phi) is 7.32. The zero-order chi connectivity index (χ0) is 21.0. The summed E-state index contributed by atoms with van der Waals surface area (Å²) < 4.78 is 34.6. The highest BCUT2D eigenvalue weighted by Crippen LogP contribution is 2.22. The van der Waals surface area contributed by atoms with Crippen molar-refractivity contribution in [2.24, 2.45) is 10.9 Å². The van der Waals surface area contributed by atoms with Gasteiger partial charge in [-0.3, -0.25) is 0 Å². The molecule has 8 heteroatoms. The molecular formula is C21H31N3O3S2. The molecule has 1 fully saturated rings. The van der Waals surface area contributed by atoms with Gasteiger partial charge in [0.1, 0.15) is 0 Å². The molecule has 29 heavy (non-hydrogen) atoms. The van der Waals surface area contributed by atoms with Crippen LogP contribution in [-0.4, -0.2) is 43.6 Å². The molecular weight excluding hydrogens is 406 g/mol. The predicted molar refractivity (Wildman–Crippen MR) is 117 cm³/mol. The smallest absolute Gasteiger partial charge is 0.243 e. The minimum Gasteiger partial charge on any atom is -0.379 e. The molecule has 1 aromatic carbocycles. The monoisotopic (exact) mass is 437 g/mol. The third-order valence-corrected chi connectivity index (χ3v) is 8.06. The van der Waals surface area contributed by atoms with Crippen molar-refractivity contribution in [3.63, 3.8) is 0 Å². The molecule has 0 bridgehead atoms. The molecule has 0 aliphatic carbocycles. The Bertz CT molecular complexity index is 969. The van der Waals surface area contributed by atoms with E-state index in [-0.39, 0.29) is 0 Å². The Hall–Kier alpha value is -1.48. The summed E-state index contributed by atoms with van der Waals surface area (Å²) in [6.07, 6.45) is 2.29. The van der Waals surface area contributed by atoms with Gasteiger partial charge in [-0.25, -0.2) is 13.4 Å². The number of morpholine rings is 1. The van der Waals surface area contributed by atoms with Crippen molar-refractivity contribution >= 4 is 27.0 Å². The van der Waals surface area contributed by atoms with Gasteiger partial charge < -0.3 is 9.30 Å². The first-order chi connectivity index (χ1) is 13.8. The maximum Gasteiger partial charge on any atom is 0.243 e. The third kappa shape index (κ3) is 5.36. The summed E-state index contributed by atoms with van der Waals surface area (Å²) in [5, 5.41) is 2.13. The Morgan fingerprint density at radius 1 is 1.10 bits per heavy atom. The summed E-state index contributed by atoms with van der Waals surface area (Å²) >= 11 is 1.62. The van der Waals surface area contributed by atoms with E-state index in [1.165, 1.54) is 16.4 Å². The van der Waals surface area contributed by atoms with Crippen molar-refractivity contribution in [1.82, 2.24) is 8.87 Å². The number of aromatic nitrogens is 1. The quantitative estimate of drug-likeness (QED) is 0.655. The van der Waals surface area contributed by atoms with Gasteiger partial charge in [-0.1, -0.05) is 13.8 Å². The van der Waals surface area contributed by atoms with Gasteiger partial charge in [0.15, 0.2) is 4.80 Å². The Morgan fingerprint density at radius 2 is 1.76 bits per heavy atom. The van der Waals surface area contributed by atoms with Crippen molar-refractivity contribution < 1.29 is 13.2 Å². The van der Waals surface area contributed by atoms with Gasteiger partial charge in [0.2, 0.25) is 10.0 Å². The fraction of sp³-hybridized carbons (Fsp3) is 0.571. The molecule has 0 radical (unpaired) electrons. The van der Waals surface area contributed by atoms with Crippen molar-refractivity contribution in [3.05, 3.63) is 40.1 Å². The Morgan fingerprint density at radius 3 is 2.38 bits per heavy atom. The number of hydrogen-bond acceptors (Lipinski definition) is 5. The van der Waals surface area contributed by atoms with Crippen molar-refractivity contribution in [2.45, 2.75) is 51.5 Å². The van der Waals surface area contributed by atoms with E-state index in [0.717, 1.165) is 16.9 Å². The van der Waals surface area contributed by atoms with E-state index in [1.807, 2.05) is 0 Å². The first kappa shape index (κ1) is 22.2. The minimum atomic E-state index is -3.48. The molecule has 0 N–H and O–H groups in total. The molecule has 2 heterocycles. The number of nitrogens with zero attached hydrogens (tertiary/aromatic N) is 3. The van der Waals surface area contributed by atoms with Crippen LogP contribution in [0.2, 0.25) is 0 Å². The van der Waals surface area contributed by atoms with Gasteiger partial charge in [-0.2, -0.15) is 4.31 Å². The predicted octanol–water partition coefficient (Wildman–Crippen LogP) is 4.11. The van der Waals surface area contributed by atoms with Gasteiger partial charge in [0.25, 0.3) is 0 Å². The molecule has 0 spiro atoms. The minimum absolute atomic E-state index is 0.305. The molecule has 1 aromatic heterocycles. The van der Waals surface area contributed by atoms with Crippen LogP contribution in [0.3, 0.4) is 0 Å². The van der Waals surface area contributed by atoms with E-state index in [0.29, 0.717) is 43.2 Å². The molecule has 1 aliphatic rings. The van der Waals surface area contributed by atoms with Crippen LogP contribution in [-0.2, 0) is 14.8 Å². The molecule has 0 amide bonds. The van der Waals surface area contributed by atoms with Crippen LogP contribution < -0.4 is 4.80 Å². The Balaban J connectivity index is 1.83. The summed E-state index contributed by atoms with van der Waals surface area (Å²) in [5.74, 6) is 0.679. The van der Waals surface area contributed by atoms with Gasteiger partial charge in [0, 0.05) is 30.2 Å². The zero-order valence-corrected chi connectivity index (χ0v) is 19.3. The van der Waals surface area contributed by atoms with Crippen LogP contribution in [0.5, 0.6) is 0 Å². The van der Waals surface area contributed by atoms with E-state index >= 15 is 0 Å². The summed E-state index contributed by atoms with van der Waals surface area (Å²) in [5.41, 5.74) is 1.97. The average Bonchev–Trinajstić information content (AvgIpc) is 3.07. The number of benzene rings is 1. The maximum absolute atomic E-state index is 12.8. The van der Waals surface area contributed by atoms with E-state index in [4.69, 9.17) is 9.73 Å². The van der Waals surface area contributed by atoms with Gasteiger partial charge in [0.05, 0.1) is 23.8 Å². The molecule has 1 aliphatic heterocycles. The zero-order valence-electron chi connectivity index (χ0n) is 17.7. The molecule has 160 valence electrons. The average molecular weight is 438 g/mol. The highest BCUT2D eigenvalue weighted by atomic mass is 32.2. The second-order valence-corrected chi connectivity index (χ2v) is 10.7. The van der Waals surface area contributed by atoms with Crippen LogP contribution in [0.15, 0.2) is 39.5 Å². The number of thiazole rings is 1. The molecule has 2 aromatic rings. The maximum atomic E-state index is 12.8. The van der Waals surface area contributed by atoms with E-state index in [9.17, 15) is 8.42 Å². The fourth-order valence-corrected chi connectivity index (χ4v) is 5.85. The van der Waals surface area contributed by atoms with Crippen LogP contribution in [0, 0.1) is 12.8 Å². The largest absolute Gasteiger partial charge is 0.379 e. The lowest BCUT2D eigenvalue weighted by Gasteiger charge is -2.26. The third-order valence-electron chi connectivity index (χ3n) is 5.19. The lowest BCUT2D eigenvalue weighted by atomic mass is 10.0. The SMILES string of the molecule is Cc1csc(=Nc2ccc(S(=O)(=O)N3CCOCC3)cc2)n1C(C)CCC(C)C. The summed E-state index contributed by atoms with van der Waals surface area (Å²) in [7, 11) is -3.48. The number of rotatable bonds is 7. The van der Waals surface area contributed by atoms with Crippen LogP contribution >= 0.6 is 11.3 Å². The topological polar surface area (TPSA) is 63.9 Å². The Labute approximate surface area is 177 Å². The first-order valence-electron chi connectivity index (χ1n) is 10.2. The van der Waals surface area contributed by atoms with Gasteiger partial charge in [-0.15, -0.1) is 11.3 Å². The lowest BCUT2D eigenvalue weighted by molar-refractivity contribution is 0.0730. The number of ether oxygens (including phenoxy) is 1. The molecule has 1 atom stereocenters. The summed E-state index contributed by atoms with van der Waals surface area (Å²) in [6, 6.07) is 7.24. The molecule has 0 saturated carbocycles.